The van der Waals surface area contributed by atoms with Gasteiger partial charge in [0.2, 0.25) is 17.7 Å². The number of hydrogen-bond acceptors (Lipinski definition) is 5. The zero-order valence-corrected chi connectivity index (χ0v) is 12.2. The van der Waals surface area contributed by atoms with Crippen molar-refractivity contribution in [3.05, 3.63) is 41.0 Å². The third kappa shape index (κ3) is 4.61. The molecule has 0 aliphatic carbocycles. The molecule has 1 amide bonds. The Hall–Kier alpha value is -2.34. The third-order valence-electron chi connectivity index (χ3n) is 2.72. The van der Waals surface area contributed by atoms with E-state index in [1.807, 2.05) is 18.2 Å². The third-order valence-corrected chi connectivity index (χ3v) is 2.92. The lowest BCUT2D eigenvalue weighted by atomic mass is 10.1. The van der Waals surface area contributed by atoms with Gasteiger partial charge in [-0.25, -0.2) is 4.98 Å². The average molecular weight is 307 g/mol. The van der Waals surface area contributed by atoms with Crippen LogP contribution in [0.15, 0.2) is 30.3 Å². The summed E-state index contributed by atoms with van der Waals surface area (Å²) >= 11 is 5.81. The van der Waals surface area contributed by atoms with Crippen molar-refractivity contribution in [2.75, 3.05) is 18.2 Å². The standard InChI is InChI=1S/C14H15ClN4O2/c1-21-13-8-11(15)17-14(19-13)18-12(20)6-5-9-3-2-4-10(16)7-9/h2-4,7-8H,5-6,16H2,1H3,(H,17,18,19,20). The van der Waals surface area contributed by atoms with Crippen LogP contribution in [0.25, 0.3) is 0 Å². The van der Waals surface area contributed by atoms with Crippen LogP contribution in [0.3, 0.4) is 0 Å². The van der Waals surface area contributed by atoms with Gasteiger partial charge in [0.1, 0.15) is 5.15 Å². The first-order chi connectivity index (χ1) is 10.1. The van der Waals surface area contributed by atoms with Crippen LogP contribution in [0.1, 0.15) is 12.0 Å². The molecule has 6 nitrogen and oxygen atoms in total. The van der Waals surface area contributed by atoms with E-state index in [4.69, 9.17) is 22.1 Å². The lowest BCUT2D eigenvalue weighted by Gasteiger charge is -2.06. The summed E-state index contributed by atoms with van der Waals surface area (Å²) in [6.45, 7) is 0. The van der Waals surface area contributed by atoms with Crippen molar-refractivity contribution in [1.29, 1.82) is 0 Å². The van der Waals surface area contributed by atoms with Crippen molar-refractivity contribution >= 4 is 29.1 Å². The molecule has 110 valence electrons. The number of aryl methyl sites for hydroxylation is 1. The molecule has 2 rings (SSSR count). The molecule has 0 bridgehead atoms. The van der Waals surface area contributed by atoms with Gasteiger partial charge >= 0.3 is 0 Å². The summed E-state index contributed by atoms with van der Waals surface area (Å²) in [7, 11) is 1.46. The fraction of sp³-hybridized carbons (Fsp3) is 0.214. The van der Waals surface area contributed by atoms with Crippen LogP contribution in [0.4, 0.5) is 11.6 Å². The van der Waals surface area contributed by atoms with Crippen LogP contribution in [-0.2, 0) is 11.2 Å². The number of ether oxygens (including phenoxy) is 1. The van der Waals surface area contributed by atoms with Gasteiger partial charge in [0.05, 0.1) is 7.11 Å². The Morgan fingerprint density at radius 2 is 2.19 bits per heavy atom. The van der Waals surface area contributed by atoms with Crippen molar-refractivity contribution in [3.63, 3.8) is 0 Å². The second-order valence-corrected chi connectivity index (χ2v) is 4.74. The van der Waals surface area contributed by atoms with Gasteiger partial charge in [0.15, 0.2) is 0 Å². The Bertz CT molecular complexity index is 649. The molecule has 0 atom stereocenters. The molecule has 0 radical (unpaired) electrons. The average Bonchev–Trinajstić information content (AvgIpc) is 2.44. The van der Waals surface area contributed by atoms with E-state index in [1.165, 1.54) is 13.2 Å². The van der Waals surface area contributed by atoms with Crippen LogP contribution in [-0.4, -0.2) is 23.0 Å². The van der Waals surface area contributed by atoms with Crippen LogP contribution in [0.2, 0.25) is 5.15 Å². The highest BCUT2D eigenvalue weighted by molar-refractivity contribution is 6.29. The van der Waals surface area contributed by atoms with E-state index >= 15 is 0 Å². The first-order valence-corrected chi connectivity index (χ1v) is 6.67. The number of methoxy groups -OCH3 is 1. The molecule has 0 spiro atoms. The molecule has 1 aromatic heterocycles. The smallest absolute Gasteiger partial charge is 0.234 e. The summed E-state index contributed by atoms with van der Waals surface area (Å²) in [6, 6.07) is 8.88. The molecule has 3 N–H and O–H groups in total. The maximum atomic E-state index is 11.9. The van der Waals surface area contributed by atoms with Gasteiger partial charge in [0.25, 0.3) is 0 Å². The predicted molar refractivity (Wildman–Crippen MR) is 81.4 cm³/mol. The Balaban J connectivity index is 1.94. The topological polar surface area (TPSA) is 90.1 Å². The molecular weight excluding hydrogens is 292 g/mol. The van der Waals surface area contributed by atoms with Crippen molar-refractivity contribution in [3.8, 4) is 5.88 Å². The van der Waals surface area contributed by atoms with E-state index in [-0.39, 0.29) is 17.0 Å². The van der Waals surface area contributed by atoms with Crippen molar-refractivity contribution in [2.24, 2.45) is 0 Å². The largest absolute Gasteiger partial charge is 0.481 e. The zero-order chi connectivity index (χ0) is 15.2. The summed E-state index contributed by atoms with van der Waals surface area (Å²) in [5.41, 5.74) is 7.36. The number of carbonyl (C=O) groups is 1. The highest BCUT2D eigenvalue weighted by Gasteiger charge is 2.08. The molecule has 1 aromatic carbocycles. The maximum Gasteiger partial charge on any atom is 0.234 e. The summed E-state index contributed by atoms with van der Waals surface area (Å²) in [4.78, 5) is 19.8. The minimum Gasteiger partial charge on any atom is -0.481 e. The maximum absolute atomic E-state index is 11.9. The van der Waals surface area contributed by atoms with Crippen molar-refractivity contribution in [1.82, 2.24) is 9.97 Å². The molecule has 21 heavy (non-hydrogen) atoms. The molecule has 1 heterocycles. The van der Waals surface area contributed by atoms with E-state index in [0.717, 1.165) is 5.56 Å². The highest BCUT2D eigenvalue weighted by atomic mass is 35.5. The number of nitrogens with one attached hydrogen (secondary N) is 1. The van der Waals surface area contributed by atoms with Crippen LogP contribution >= 0.6 is 11.6 Å². The lowest BCUT2D eigenvalue weighted by molar-refractivity contribution is -0.116. The van der Waals surface area contributed by atoms with E-state index in [1.54, 1.807) is 6.07 Å². The summed E-state index contributed by atoms with van der Waals surface area (Å²) < 4.78 is 4.96. The number of anilines is 2. The van der Waals surface area contributed by atoms with E-state index < -0.39 is 0 Å². The number of benzene rings is 1. The van der Waals surface area contributed by atoms with Gasteiger partial charge in [0, 0.05) is 18.2 Å². The molecule has 0 unspecified atom stereocenters. The number of nitrogens with zero attached hydrogens (tertiary/aromatic N) is 2. The van der Waals surface area contributed by atoms with E-state index in [2.05, 4.69) is 15.3 Å². The van der Waals surface area contributed by atoms with Gasteiger partial charge in [-0.1, -0.05) is 23.7 Å². The number of carbonyl (C=O) groups excluding carboxylic acids is 1. The van der Waals surface area contributed by atoms with Crippen molar-refractivity contribution < 1.29 is 9.53 Å². The molecule has 0 aliphatic rings. The number of aromatic nitrogens is 2. The molecule has 7 heteroatoms. The predicted octanol–water partition coefficient (Wildman–Crippen LogP) is 2.29. The number of rotatable bonds is 5. The Morgan fingerprint density at radius 1 is 1.38 bits per heavy atom. The molecule has 0 saturated carbocycles. The molecule has 0 fully saturated rings. The van der Waals surface area contributed by atoms with Crippen LogP contribution in [0, 0.1) is 0 Å². The zero-order valence-electron chi connectivity index (χ0n) is 11.5. The van der Waals surface area contributed by atoms with Crippen LogP contribution in [0.5, 0.6) is 5.88 Å². The Morgan fingerprint density at radius 3 is 2.90 bits per heavy atom. The summed E-state index contributed by atoms with van der Waals surface area (Å²) in [5, 5.41) is 2.79. The molecular formula is C14H15ClN4O2. The second-order valence-electron chi connectivity index (χ2n) is 4.35. The van der Waals surface area contributed by atoms with Gasteiger partial charge in [-0.15, -0.1) is 0 Å². The SMILES string of the molecule is COc1cc(Cl)nc(NC(=O)CCc2cccc(N)c2)n1. The number of halogens is 1. The first kappa shape index (κ1) is 15.1. The summed E-state index contributed by atoms with van der Waals surface area (Å²) in [5.74, 6) is 0.208. The lowest BCUT2D eigenvalue weighted by Crippen LogP contribution is -2.15. The number of nitrogen functional groups attached to an aromatic ring is 1. The van der Waals surface area contributed by atoms with Gasteiger partial charge in [-0.05, 0) is 24.1 Å². The first-order valence-electron chi connectivity index (χ1n) is 6.29. The van der Waals surface area contributed by atoms with Gasteiger partial charge < -0.3 is 10.5 Å². The Labute approximate surface area is 127 Å². The fourth-order valence-electron chi connectivity index (χ4n) is 1.75. The highest BCUT2D eigenvalue weighted by Crippen LogP contribution is 2.16. The minimum atomic E-state index is -0.207. The van der Waals surface area contributed by atoms with E-state index in [9.17, 15) is 4.79 Å². The quantitative estimate of drug-likeness (QED) is 0.653. The number of nitrogens with two attached hydrogens (primary N) is 1. The minimum absolute atomic E-state index is 0.122. The molecule has 2 aromatic rings. The van der Waals surface area contributed by atoms with Gasteiger partial charge in [-0.3, -0.25) is 10.1 Å². The van der Waals surface area contributed by atoms with Gasteiger partial charge in [-0.2, -0.15) is 4.98 Å². The van der Waals surface area contributed by atoms with Crippen molar-refractivity contribution in [2.45, 2.75) is 12.8 Å². The second kappa shape index (κ2) is 6.90. The fourth-order valence-corrected chi connectivity index (χ4v) is 1.92. The van der Waals surface area contributed by atoms with Crippen LogP contribution < -0.4 is 15.8 Å². The monoisotopic (exact) mass is 306 g/mol. The summed E-state index contributed by atoms with van der Waals surface area (Å²) in [6.07, 6.45) is 0.871. The van der Waals surface area contributed by atoms with E-state index in [0.29, 0.717) is 24.4 Å². The normalized spacial score (nSPS) is 10.2. The number of amides is 1. The molecule has 0 saturated heterocycles. The molecule has 0 aliphatic heterocycles. The Kier molecular flexibility index (Phi) is 4.94. The number of hydrogen-bond donors (Lipinski definition) is 2.